The van der Waals surface area contributed by atoms with Crippen LogP contribution in [0, 0.1) is 0 Å². The molecule has 0 fully saturated rings. The van der Waals surface area contributed by atoms with Crippen molar-refractivity contribution in [2.75, 3.05) is 6.54 Å². The number of hydrogen-bond donors (Lipinski definition) is 2. The van der Waals surface area contributed by atoms with Gasteiger partial charge in [-0.15, -0.1) is 0 Å². The van der Waals surface area contributed by atoms with Gasteiger partial charge in [-0.3, -0.25) is 9.78 Å². The fraction of sp³-hybridized carbons (Fsp3) is 0.538. The summed E-state index contributed by atoms with van der Waals surface area (Å²) in [7, 11) is 0. The van der Waals surface area contributed by atoms with E-state index >= 15 is 0 Å². The fourth-order valence-corrected chi connectivity index (χ4v) is 1.47. The first-order valence-electron chi connectivity index (χ1n) is 6.06. The Balaban J connectivity index is 2.13. The molecule has 0 saturated carbocycles. The highest BCUT2D eigenvalue weighted by Crippen LogP contribution is 2.00. The SMILES string of the molecule is CCC(O)CCNC(=O)CCc1cccnc1. The zero-order valence-electron chi connectivity index (χ0n) is 10.2. The molecular formula is C13H20N2O2. The number of amides is 1. The van der Waals surface area contributed by atoms with Crippen LogP contribution in [-0.4, -0.2) is 28.6 Å². The maximum Gasteiger partial charge on any atom is 0.220 e. The van der Waals surface area contributed by atoms with Crippen LogP contribution in [0.15, 0.2) is 24.5 Å². The van der Waals surface area contributed by atoms with E-state index in [1.807, 2.05) is 19.1 Å². The largest absolute Gasteiger partial charge is 0.393 e. The quantitative estimate of drug-likeness (QED) is 0.750. The van der Waals surface area contributed by atoms with Crippen LogP contribution in [0.3, 0.4) is 0 Å². The lowest BCUT2D eigenvalue weighted by Gasteiger charge is -2.08. The molecule has 0 bridgehead atoms. The third-order valence-electron chi connectivity index (χ3n) is 2.63. The van der Waals surface area contributed by atoms with Crippen LogP contribution in [-0.2, 0) is 11.2 Å². The van der Waals surface area contributed by atoms with Crippen molar-refractivity contribution in [3.63, 3.8) is 0 Å². The van der Waals surface area contributed by atoms with E-state index in [2.05, 4.69) is 10.3 Å². The Hall–Kier alpha value is -1.42. The van der Waals surface area contributed by atoms with Gasteiger partial charge in [-0.05, 0) is 30.9 Å². The van der Waals surface area contributed by atoms with E-state index < -0.39 is 0 Å². The molecule has 4 nitrogen and oxygen atoms in total. The molecule has 0 aliphatic rings. The van der Waals surface area contributed by atoms with Gasteiger partial charge in [0.15, 0.2) is 0 Å². The standard InChI is InChI=1S/C13H20N2O2/c1-2-12(16)7-9-15-13(17)6-5-11-4-3-8-14-10-11/h3-4,8,10,12,16H,2,5-7,9H2,1H3,(H,15,17). The summed E-state index contributed by atoms with van der Waals surface area (Å²) in [4.78, 5) is 15.5. The van der Waals surface area contributed by atoms with Crippen LogP contribution in [0.25, 0.3) is 0 Å². The second-order valence-corrected chi connectivity index (χ2v) is 4.06. The second-order valence-electron chi connectivity index (χ2n) is 4.06. The van der Waals surface area contributed by atoms with Gasteiger partial charge < -0.3 is 10.4 Å². The molecule has 0 aliphatic carbocycles. The molecule has 0 radical (unpaired) electrons. The maximum absolute atomic E-state index is 11.5. The van der Waals surface area contributed by atoms with Gasteiger partial charge in [0.1, 0.15) is 0 Å². The number of nitrogens with zero attached hydrogens (tertiary/aromatic N) is 1. The molecule has 1 aromatic heterocycles. The Morgan fingerprint density at radius 2 is 2.41 bits per heavy atom. The van der Waals surface area contributed by atoms with Gasteiger partial charge in [0.05, 0.1) is 6.10 Å². The summed E-state index contributed by atoms with van der Waals surface area (Å²) >= 11 is 0. The number of carbonyl (C=O) groups is 1. The third kappa shape index (κ3) is 6.02. The molecule has 4 heteroatoms. The van der Waals surface area contributed by atoms with Crippen molar-refractivity contribution in [3.8, 4) is 0 Å². The highest BCUT2D eigenvalue weighted by atomic mass is 16.3. The molecule has 1 amide bonds. The Morgan fingerprint density at radius 1 is 1.59 bits per heavy atom. The molecule has 0 aliphatic heterocycles. The number of carbonyl (C=O) groups excluding carboxylic acids is 1. The molecule has 0 saturated heterocycles. The lowest BCUT2D eigenvalue weighted by molar-refractivity contribution is -0.121. The van der Waals surface area contributed by atoms with Gasteiger partial charge in [0, 0.05) is 25.4 Å². The van der Waals surface area contributed by atoms with Crippen LogP contribution < -0.4 is 5.32 Å². The van der Waals surface area contributed by atoms with Gasteiger partial charge in [-0.2, -0.15) is 0 Å². The predicted octanol–water partition coefficient (Wildman–Crippen LogP) is 1.29. The number of hydrogen-bond acceptors (Lipinski definition) is 3. The summed E-state index contributed by atoms with van der Waals surface area (Å²) in [5.41, 5.74) is 1.07. The lowest BCUT2D eigenvalue weighted by atomic mass is 10.1. The minimum absolute atomic E-state index is 0.0251. The van der Waals surface area contributed by atoms with Gasteiger partial charge in [-0.1, -0.05) is 13.0 Å². The van der Waals surface area contributed by atoms with Crippen LogP contribution in [0.1, 0.15) is 31.7 Å². The normalized spacial score (nSPS) is 12.1. The molecule has 17 heavy (non-hydrogen) atoms. The highest BCUT2D eigenvalue weighted by molar-refractivity contribution is 5.76. The minimum atomic E-state index is -0.311. The topological polar surface area (TPSA) is 62.2 Å². The highest BCUT2D eigenvalue weighted by Gasteiger charge is 2.04. The first kappa shape index (κ1) is 13.6. The van der Waals surface area contributed by atoms with E-state index in [1.54, 1.807) is 12.4 Å². The monoisotopic (exact) mass is 236 g/mol. The van der Waals surface area contributed by atoms with Crippen molar-refractivity contribution in [3.05, 3.63) is 30.1 Å². The molecule has 2 N–H and O–H groups in total. The Kier molecular flexibility index (Phi) is 6.25. The number of rotatable bonds is 7. The van der Waals surface area contributed by atoms with Crippen LogP contribution in [0.5, 0.6) is 0 Å². The van der Waals surface area contributed by atoms with Gasteiger partial charge in [0.2, 0.25) is 5.91 Å². The number of aryl methyl sites for hydroxylation is 1. The zero-order chi connectivity index (χ0) is 12.5. The fourth-order valence-electron chi connectivity index (χ4n) is 1.47. The van der Waals surface area contributed by atoms with Gasteiger partial charge in [0.25, 0.3) is 0 Å². The van der Waals surface area contributed by atoms with E-state index in [9.17, 15) is 9.90 Å². The van der Waals surface area contributed by atoms with Crippen LogP contribution in [0.4, 0.5) is 0 Å². The molecule has 94 valence electrons. The Morgan fingerprint density at radius 3 is 3.06 bits per heavy atom. The summed E-state index contributed by atoms with van der Waals surface area (Å²) < 4.78 is 0. The van der Waals surface area contributed by atoms with E-state index in [-0.39, 0.29) is 12.0 Å². The first-order chi connectivity index (χ1) is 8.22. The summed E-state index contributed by atoms with van der Waals surface area (Å²) in [6, 6.07) is 3.83. The molecule has 0 spiro atoms. The number of aromatic nitrogens is 1. The Bertz CT molecular complexity index is 327. The average molecular weight is 236 g/mol. The average Bonchev–Trinajstić information content (AvgIpc) is 2.37. The minimum Gasteiger partial charge on any atom is -0.393 e. The van der Waals surface area contributed by atoms with Crippen LogP contribution >= 0.6 is 0 Å². The number of nitrogens with one attached hydrogen (secondary N) is 1. The van der Waals surface area contributed by atoms with E-state index in [0.717, 1.165) is 12.0 Å². The van der Waals surface area contributed by atoms with Gasteiger partial charge >= 0.3 is 0 Å². The van der Waals surface area contributed by atoms with Crippen molar-refractivity contribution in [1.82, 2.24) is 10.3 Å². The number of pyridine rings is 1. The van der Waals surface area contributed by atoms with Crippen molar-refractivity contribution in [1.29, 1.82) is 0 Å². The summed E-state index contributed by atoms with van der Waals surface area (Å²) in [6.45, 7) is 2.47. The smallest absolute Gasteiger partial charge is 0.220 e. The van der Waals surface area contributed by atoms with E-state index in [0.29, 0.717) is 25.8 Å². The molecular weight excluding hydrogens is 216 g/mol. The van der Waals surface area contributed by atoms with E-state index in [4.69, 9.17) is 0 Å². The lowest BCUT2D eigenvalue weighted by Crippen LogP contribution is -2.27. The van der Waals surface area contributed by atoms with Gasteiger partial charge in [-0.25, -0.2) is 0 Å². The molecule has 1 rings (SSSR count). The van der Waals surface area contributed by atoms with Crippen molar-refractivity contribution >= 4 is 5.91 Å². The molecule has 0 aromatic carbocycles. The molecule has 1 unspecified atom stereocenters. The summed E-state index contributed by atoms with van der Waals surface area (Å²) in [5, 5.41) is 12.1. The number of aliphatic hydroxyl groups is 1. The predicted molar refractivity (Wildman–Crippen MR) is 66.5 cm³/mol. The van der Waals surface area contributed by atoms with Crippen molar-refractivity contribution < 1.29 is 9.90 Å². The van der Waals surface area contributed by atoms with Crippen LogP contribution in [0.2, 0.25) is 0 Å². The Labute approximate surface area is 102 Å². The molecule has 1 aromatic rings. The van der Waals surface area contributed by atoms with Crippen molar-refractivity contribution in [2.45, 2.75) is 38.7 Å². The third-order valence-corrected chi connectivity index (χ3v) is 2.63. The zero-order valence-corrected chi connectivity index (χ0v) is 10.2. The molecule has 1 atom stereocenters. The number of aliphatic hydroxyl groups excluding tert-OH is 1. The second kappa shape index (κ2) is 7.79. The molecule has 1 heterocycles. The summed E-state index contributed by atoms with van der Waals surface area (Å²) in [6.07, 6.45) is 5.70. The van der Waals surface area contributed by atoms with E-state index in [1.165, 1.54) is 0 Å². The summed E-state index contributed by atoms with van der Waals surface area (Å²) in [5.74, 6) is 0.0251. The van der Waals surface area contributed by atoms with Crippen molar-refractivity contribution in [2.24, 2.45) is 0 Å². The first-order valence-corrected chi connectivity index (χ1v) is 6.06. The maximum atomic E-state index is 11.5.